The molecule has 1 nitrogen and oxygen atoms in total. The zero-order valence-corrected chi connectivity index (χ0v) is 13.8. The quantitative estimate of drug-likeness (QED) is 0.403. The Morgan fingerprint density at radius 3 is 2.27 bits per heavy atom. The van der Waals surface area contributed by atoms with Crippen LogP contribution in [0.3, 0.4) is 0 Å². The van der Waals surface area contributed by atoms with Crippen LogP contribution in [0.5, 0.6) is 0 Å². The van der Waals surface area contributed by atoms with Crippen LogP contribution in [-0.4, -0.2) is 4.98 Å². The Morgan fingerprint density at radius 1 is 0.773 bits per heavy atom. The third-order valence-corrected chi connectivity index (χ3v) is 4.94. The van der Waals surface area contributed by atoms with Crippen molar-refractivity contribution in [2.24, 2.45) is 0 Å². The molecule has 106 valence electrons. The lowest BCUT2D eigenvalue weighted by atomic mass is 9.97. The van der Waals surface area contributed by atoms with Gasteiger partial charge in [0, 0.05) is 17.1 Å². The molecule has 0 unspecified atom stereocenters. The summed E-state index contributed by atoms with van der Waals surface area (Å²) in [6.45, 7) is 2.15. The molecule has 0 saturated heterocycles. The van der Waals surface area contributed by atoms with Crippen molar-refractivity contribution in [1.82, 2.24) is 4.98 Å². The van der Waals surface area contributed by atoms with Gasteiger partial charge in [0.1, 0.15) is 0 Å². The third-order valence-electron chi connectivity index (χ3n) is 4.14. The molecule has 1 heterocycles. The van der Waals surface area contributed by atoms with Gasteiger partial charge in [-0.1, -0.05) is 60.7 Å². The van der Waals surface area contributed by atoms with Crippen LogP contribution in [-0.2, 0) is 0 Å². The van der Waals surface area contributed by atoms with Crippen LogP contribution in [0.15, 0.2) is 71.3 Å². The average Bonchev–Trinajstić information content (AvgIpc) is 2.57. The van der Waals surface area contributed by atoms with E-state index in [0.29, 0.717) is 0 Å². The first-order valence-corrected chi connectivity index (χ1v) is 8.07. The van der Waals surface area contributed by atoms with Gasteiger partial charge in [-0.05, 0) is 44.6 Å². The van der Waals surface area contributed by atoms with Crippen LogP contribution < -0.4 is 0 Å². The first-order valence-electron chi connectivity index (χ1n) is 7.27. The van der Waals surface area contributed by atoms with Crippen molar-refractivity contribution in [2.75, 3.05) is 0 Å². The molecule has 4 rings (SSSR count). The molecule has 0 aliphatic heterocycles. The molecule has 2 heteroatoms. The Bertz CT molecular complexity index is 1000. The first kappa shape index (κ1) is 13.5. The summed E-state index contributed by atoms with van der Waals surface area (Å²) in [7, 11) is 0. The summed E-state index contributed by atoms with van der Waals surface area (Å²) in [5.41, 5.74) is 3.45. The summed E-state index contributed by atoms with van der Waals surface area (Å²) in [6, 6.07) is 21.2. The van der Waals surface area contributed by atoms with E-state index in [4.69, 9.17) is 4.98 Å². The van der Waals surface area contributed by atoms with Gasteiger partial charge in [-0.3, -0.25) is 4.98 Å². The summed E-state index contributed by atoms with van der Waals surface area (Å²) in [6.07, 6.45) is 1.95. The van der Waals surface area contributed by atoms with E-state index in [9.17, 15) is 0 Å². The molecule has 0 aliphatic rings. The van der Waals surface area contributed by atoms with Gasteiger partial charge in [0.05, 0.1) is 10.2 Å². The highest BCUT2D eigenvalue weighted by Gasteiger charge is 2.12. The van der Waals surface area contributed by atoms with E-state index in [2.05, 4.69) is 77.5 Å². The molecule has 0 bridgehead atoms. The van der Waals surface area contributed by atoms with Crippen molar-refractivity contribution >= 4 is 37.5 Å². The fourth-order valence-corrected chi connectivity index (χ4v) is 3.65. The van der Waals surface area contributed by atoms with Gasteiger partial charge < -0.3 is 0 Å². The van der Waals surface area contributed by atoms with Gasteiger partial charge in [-0.25, -0.2) is 0 Å². The lowest BCUT2D eigenvalue weighted by Gasteiger charge is -2.11. The van der Waals surface area contributed by atoms with Crippen LogP contribution >= 0.6 is 15.9 Å². The van der Waals surface area contributed by atoms with Gasteiger partial charge in [0.25, 0.3) is 0 Å². The molecule has 0 saturated carbocycles. The van der Waals surface area contributed by atoms with Crippen LogP contribution in [0.1, 0.15) is 5.56 Å². The van der Waals surface area contributed by atoms with E-state index in [-0.39, 0.29) is 0 Å². The van der Waals surface area contributed by atoms with Crippen LogP contribution in [0.2, 0.25) is 0 Å². The van der Waals surface area contributed by atoms with E-state index in [1.165, 1.54) is 27.3 Å². The second-order valence-corrected chi connectivity index (χ2v) is 6.28. The van der Waals surface area contributed by atoms with Crippen molar-refractivity contribution in [1.29, 1.82) is 0 Å². The number of hydrogen-bond acceptors (Lipinski definition) is 1. The molecular weight excluding hydrogens is 334 g/mol. The number of nitrogens with zero attached hydrogens (tertiary/aromatic N) is 1. The molecular formula is C20H14BrN. The molecule has 0 amide bonds. The van der Waals surface area contributed by atoms with Gasteiger partial charge >= 0.3 is 0 Å². The molecule has 0 N–H and O–H groups in total. The molecule has 0 atom stereocenters. The number of aromatic nitrogens is 1. The van der Waals surface area contributed by atoms with Gasteiger partial charge in [0.2, 0.25) is 0 Å². The first-order chi connectivity index (χ1) is 10.8. The standard InChI is InChI=1S/C20H14BrN/c1-13-10-11-18(17-9-5-4-7-15(13)17)20-19(21)16-8-3-2-6-14(16)12-22-20/h2-12H,1H3. The maximum atomic E-state index is 4.71. The fraction of sp³-hybridized carbons (Fsp3) is 0.0500. The second kappa shape index (κ2) is 5.22. The number of halogens is 1. The van der Waals surface area contributed by atoms with Gasteiger partial charge in [-0.2, -0.15) is 0 Å². The average molecular weight is 348 g/mol. The highest BCUT2D eigenvalue weighted by atomic mass is 79.9. The van der Waals surface area contributed by atoms with E-state index in [1.54, 1.807) is 0 Å². The molecule has 0 fully saturated rings. The normalized spacial score (nSPS) is 11.2. The maximum absolute atomic E-state index is 4.71. The Kier molecular flexibility index (Phi) is 3.20. The fourth-order valence-electron chi connectivity index (χ4n) is 2.97. The van der Waals surface area contributed by atoms with Crippen molar-refractivity contribution in [3.05, 3.63) is 76.9 Å². The summed E-state index contributed by atoms with van der Waals surface area (Å²) in [5, 5.41) is 4.86. The maximum Gasteiger partial charge on any atom is 0.0856 e. The summed E-state index contributed by atoms with van der Waals surface area (Å²) in [4.78, 5) is 4.71. The van der Waals surface area contributed by atoms with Crippen molar-refractivity contribution < 1.29 is 0 Å². The van der Waals surface area contributed by atoms with Gasteiger partial charge in [0.15, 0.2) is 0 Å². The minimum absolute atomic E-state index is 0.995. The van der Waals surface area contributed by atoms with Crippen molar-refractivity contribution in [2.45, 2.75) is 6.92 Å². The monoisotopic (exact) mass is 347 g/mol. The molecule has 3 aromatic carbocycles. The lowest BCUT2D eigenvalue weighted by molar-refractivity contribution is 1.34. The Balaban J connectivity index is 2.08. The summed E-state index contributed by atoms with van der Waals surface area (Å²) >= 11 is 3.76. The smallest absolute Gasteiger partial charge is 0.0856 e. The minimum atomic E-state index is 0.995. The number of rotatable bonds is 1. The molecule has 22 heavy (non-hydrogen) atoms. The Hall–Kier alpha value is -2.19. The van der Waals surface area contributed by atoms with Gasteiger partial charge in [-0.15, -0.1) is 0 Å². The van der Waals surface area contributed by atoms with Crippen molar-refractivity contribution in [3.63, 3.8) is 0 Å². The van der Waals surface area contributed by atoms with E-state index in [1.807, 2.05) is 12.3 Å². The number of fused-ring (bicyclic) bond motifs is 2. The topological polar surface area (TPSA) is 12.9 Å². The van der Waals surface area contributed by atoms with Crippen LogP contribution in [0, 0.1) is 6.92 Å². The predicted molar refractivity (Wildman–Crippen MR) is 97.1 cm³/mol. The Labute approximate surface area is 137 Å². The molecule has 0 radical (unpaired) electrons. The largest absolute Gasteiger partial charge is 0.254 e. The van der Waals surface area contributed by atoms with Crippen molar-refractivity contribution in [3.8, 4) is 11.3 Å². The predicted octanol–water partition coefficient (Wildman–Crippen LogP) is 6.13. The van der Waals surface area contributed by atoms with E-state index < -0.39 is 0 Å². The van der Waals surface area contributed by atoms with E-state index >= 15 is 0 Å². The number of pyridine rings is 1. The summed E-state index contributed by atoms with van der Waals surface area (Å²) < 4.78 is 1.06. The highest BCUT2D eigenvalue weighted by Crippen LogP contribution is 2.36. The Morgan fingerprint density at radius 2 is 1.45 bits per heavy atom. The third kappa shape index (κ3) is 2.03. The SMILES string of the molecule is Cc1ccc(-c2ncc3ccccc3c2Br)c2ccccc12. The number of hydrogen-bond donors (Lipinski definition) is 0. The lowest BCUT2D eigenvalue weighted by Crippen LogP contribution is -1.90. The van der Waals surface area contributed by atoms with E-state index in [0.717, 1.165) is 15.6 Å². The highest BCUT2D eigenvalue weighted by molar-refractivity contribution is 9.10. The molecule has 0 spiro atoms. The summed E-state index contributed by atoms with van der Waals surface area (Å²) in [5.74, 6) is 0. The molecule has 4 aromatic rings. The zero-order valence-electron chi connectivity index (χ0n) is 12.2. The second-order valence-electron chi connectivity index (χ2n) is 5.48. The zero-order chi connectivity index (χ0) is 15.1. The van der Waals surface area contributed by atoms with Crippen LogP contribution in [0.25, 0.3) is 32.8 Å². The molecule has 0 aliphatic carbocycles. The number of aryl methyl sites for hydroxylation is 1. The van der Waals surface area contributed by atoms with Crippen LogP contribution in [0.4, 0.5) is 0 Å². The molecule has 1 aromatic heterocycles. The number of benzene rings is 3. The minimum Gasteiger partial charge on any atom is -0.254 e.